The Bertz CT molecular complexity index is 238. The van der Waals surface area contributed by atoms with E-state index < -0.39 is 0 Å². The first-order chi connectivity index (χ1) is 5.22. The predicted molar refractivity (Wildman–Crippen MR) is 44.7 cm³/mol. The van der Waals surface area contributed by atoms with E-state index in [1.54, 1.807) is 0 Å². The summed E-state index contributed by atoms with van der Waals surface area (Å²) in [5.74, 6) is -0.104. The van der Waals surface area contributed by atoms with Crippen LogP contribution < -0.4 is 0 Å². The molecule has 0 saturated carbocycles. The van der Waals surface area contributed by atoms with E-state index >= 15 is 0 Å². The summed E-state index contributed by atoms with van der Waals surface area (Å²) in [6.45, 7) is 5.24. The van der Waals surface area contributed by atoms with Gasteiger partial charge < -0.3 is 0 Å². The van der Waals surface area contributed by atoms with Crippen molar-refractivity contribution in [3.05, 3.63) is 48.2 Å². The Balaban J connectivity index is 2.85. The molecule has 0 bridgehead atoms. The second-order valence-electron chi connectivity index (χ2n) is 2.60. The van der Waals surface area contributed by atoms with Crippen molar-refractivity contribution in [3.63, 3.8) is 0 Å². The SMILES string of the molecule is C=C([O])C(C)c1ccccc1. The Morgan fingerprint density at radius 3 is 2.36 bits per heavy atom. The zero-order valence-corrected chi connectivity index (χ0v) is 6.58. The molecule has 0 N–H and O–H groups in total. The Morgan fingerprint density at radius 1 is 1.36 bits per heavy atom. The third-order valence-electron chi connectivity index (χ3n) is 1.78. The van der Waals surface area contributed by atoms with Crippen LogP contribution in [-0.4, -0.2) is 0 Å². The minimum Gasteiger partial charge on any atom is -0.295 e. The molecule has 57 valence electrons. The lowest BCUT2D eigenvalue weighted by molar-refractivity contribution is 0.273. The molecule has 0 saturated heterocycles. The lowest BCUT2D eigenvalue weighted by Crippen LogP contribution is -1.93. The highest BCUT2D eigenvalue weighted by Gasteiger charge is 2.07. The molecule has 1 heteroatoms. The van der Waals surface area contributed by atoms with Gasteiger partial charge in [0.05, 0.1) is 0 Å². The van der Waals surface area contributed by atoms with Crippen LogP contribution in [0.4, 0.5) is 0 Å². The van der Waals surface area contributed by atoms with E-state index in [4.69, 9.17) is 0 Å². The van der Waals surface area contributed by atoms with Gasteiger partial charge in [0.15, 0.2) is 5.76 Å². The quantitative estimate of drug-likeness (QED) is 0.573. The predicted octanol–water partition coefficient (Wildman–Crippen LogP) is 2.73. The van der Waals surface area contributed by atoms with Gasteiger partial charge in [-0.05, 0) is 5.56 Å². The molecule has 1 aromatic carbocycles. The maximum absolute atomic E-state index is 10.8. The highest BCUT2D eigenvalue weighted by atomic mass is 16.3. The van der Waals surface area contributed by atoms with Gasteiger partial charge in [0, 0.05) is 5.92 Å². The van der Waals surface area contributed by atoms with E-state index in [9.17, 15) is 5.11 Å². The number of allylic oxidation sites excluding steroid dienone is 1. The third-order valence-corrected chi connectivity index (χ3v) is 1.78. The average Bonchev–Trinajstić information content (AvgIpc) is 2.05. The van der Waals surface area contributed by atoms with E-state index in [1.807, 2.05) is 37.3 Å². The maximum Gasteiger partial charge on any atom is 0.155 e. The topological polar surface area (TPSA) is 19.9 Å². The largest absolute Gasteiger partial charge is 0.295 e. The molecule has 0 aliphatic heterocycles. The molecule has 1 unspecified atom stereocenters. The Labute approximate surface area is 67.0 Å². The summed E-state index contributed by atoms with van der Waals surface area (Å²) in [5.41, 5.74) is 1.03. The molecular weight excluding hydrogens is 136 g/mol. The second kappa shape index (κ2) is 3.24. The first-order valence-corrected chi connectivity index (χ1v) is 3.62. The summed E-state index contributed by atoms with van der Waals surface area (Å²) in [7, 11) is 0. The minimum absolute atomic E-state index is 0.0313. The van der Waals surface area contributed by atoms with Crippen molar-refractivity contribution >= 4 is 0 Å². The van der Waals surface area contributed by atoms with E-state index in [2.05, 4.69) is 6.58 Å². The van der Waals surface area contributed by atoms with Crippen LogP contribution in [0.1, 0.15) is 18.4 Å². The number of benzene rings is 1. The molecule has 0 aliphatic rings. The molecule has 0 spiro atoms. The molecular formula is C10H11O. The smallest absolute Gasteiger partial charge is 0.155 e. The normalized spacial score (nSPS) is 12.5. The monoisotopic (exact) mass is 147 g/mol. The molecule has 1 rings (SSSR count). The summed E-state index contributed by atoms with van der Waals surface area (Å²) in [4.78, 5) is 0. The maximum atomic E-state index is 10.8. The zero-order valence-electron chi connectivity index (χ0n) is 6.58. The van der Waals surface area contributed by atoms with Crippen molar-refractivity contribution in [3.8, 4) is 0 Å². The van der Waals surface area contributed by atoms with Crippen molar-refractivity contribution in [2.75, 3.05) is 0 Å². The summed E-state index contributed by atoms with van der Waals surface area (Å²) in [6, 6.07) is 9.66. The van der Waals surface area contributed by atoms with Crippen LogP contribution in [0.5, 0.6) is 0 Å². The lowest BCUT2D eigenvalue weighted by atomic mass is 10.0. The van der Waals surface area contributed by atoms with Crippen LogP contribution in [0.2, 0.25) is 0 Å². The molecule has 0 amide bonds. The molecule has 11 heavy (non-hydrogen) atoms. The van der Waals surface area contributed by atoms with Crippen LogP contribution in [0, 0.1) is 0 Å². The van der Waals surface area contributed by atoms with Crippen molar-refractivity contribution < 1.29 is 5.11 Å². The van der Waals surface area contributed by atoms with E-state index in [0.717, 1.165) is 5.56 Å². The van der Waals surface area contributed by atoms with Gasteiger partial charge >= 0.3 is 0 Å². The standard InChI is InChI=1S/C10H11O/c1-8(9(2)11)10-6-4-3-5-7-10/h3-8H,2H2,1H3. The van der Waals surface area contributed by atoms with Gasteiger partial charge in [0.2, 0.25) is 0 Å². The summed E-state index contributed by atoms with van der Waals surface area (Å²) in [6.07, 6.45) is 0. The lowest BCUT2D eigenvalue weighted by Gasteiger charge is -2.06. The van der Waals surface area contributed by atoms with E-state index in [0.29, 0.717) is 0 Å². The molecule has 0 heterocycles. The van der Waals surface area contributed by atoms with Crippen LogP contribution in [0.3, 0.4) is 0 Å². The third kappa shape index (κ3) is 1.84. The van der Waals surface area contributed by atoms with Gasteiger partial charge in [-0.1, -0.05) is 43.8 Å². The highest BCUT2D eigenvalue weighted by molar-refractivity contribution is 5.23. The fourth-order valence-electron chi connectivity index (χ4n) is 0.928. The fraction of sp³-hybridized carbons (Fsp3) is 0.200. The van der Waals surface area contributed by atoms with E-state index in [1.165, 1.54) is 0 Å². The first-order valence-electron chi connectivity index (χ1n) is 3.62. The van der Waals surface area contributed by atoms with Crippen molar-refractivity contribution in [2.24, 2.45) is 0 Å². The van der Waals surface area contributed by atoms with Gasteiger partial charge in [0.25, 0.3) is 0 Å². The van der Waals surface area contributed by atoms with Gasteiger partial charge in [-0.3, -0.25) is 5.11 Å². The number of hydrogen-bond donors (Lipinski definition) is 0. The Kier molecular flexibility index (Phi) is 2.32. The van der Waals surface area contributed by atoms with Gasteiger partial charge in [-0.25, -0.2) is 0 Å². The summed E-state index contributed by atoms with van der Waals surface area (Å²) >= 11 is 0. The Morgan fingerprint density at radius 2 is 1.91 bits per heavy atom. The fourth-order valence-corrected chi connectivity index (χ4v) is 0.928. The zero-order chi connectivity index (χ0) is 8.27. The molecule has 1 aromatic rings. The molecule has 0 fully saturated rings. The Hall–Kier alpha value is -1.24. The molecule has 1 radical (unpaired) electrons. The van der Waals surface area contributed by atoms with Crippen LogP contribution in [-0.2, 0) is 5.11 Å². The van der Waals surface area contributed by atoms with E-state index in [-0.39, 0.29) is 11.7 Å². The van der Waals surface area contributed by atoms with Crippen LogP contribution >= 0.6 is 0 Å². The second-order valence-corrected chi connectivity index (χ2v) is 2.60. The highest BCUT2D eigenvalue weighted by Crippen LogP contribution is 2.19. The molecule has 0 aromatic heterocycles. The summed E-state index contributed by atoms with van der Waals surface area (Å²) in [5, 5.41) is 10.8. The van der Waals surface area contributed by atoms with Gasteiger partial charge in [-0.2, -0.15) is 0 Å². The van der Waals surface area contributed by atoms with Gasteiger partial charge in [-0.15, -0.1) is 0 Å². The number of rotatable bonds is 2. The van der Waals surface area contributed by atoms with Crippen LogP contribution in [0.15, 0.2) is 42.7 Å². The van der Waals surface area contributed by atoms with Crippen LogP contribution in [0.25, 0.3) is 0 Å². The van der Waals surface area contributed by atoms with Crippen molar-refractivity contribution in [1.29, 1.82) is 0 Å². The molecule has 1 atom stereocenters. The van der Waals surface area contributed by atoms with Crippen molar-refractivity contribution in [2.45, 2.75) is 12.8 Å². The van der Waals surface area contributed by atoms with Crippen molar-refractivity contribution in [1.82, 2.24) is 0 Å². The molecule has 0 aliphatic carbocycles. The van der Waals surface area contributed by atoms with Gasteiger partial charge in [0.1, 0.15) is 0 Å². The summed E-state index contributed by atoms with van der Waals surface area (Å²) < 4.78 is 0. The number of hydrogen-bond acceptors (Lipinski definition) is 0. The minimum atomic E-state index is -0.0730. The first kappa shape index (κ1) is 7.86. The molecule has 1 nitrogen and oxygen atoms in total. The average molecular weight is 147 g/mol.